The lowest BCUT2D eigenvalue weighted by Crippen LogP contribution is -2.29. The number of nitrogens with one attached hydrogen (secondary N) is 1. The van der Waals surface area contributed by atoms with Crippen molar-refractivity contribution in [3.63, 3.8) is 0 Å². The van der Waals surface area contributed by atoms with E-state index in [0.29, 0.717) is 6.04 Å². The van der Waals surface area contributed by atoms with Crippen LogP contribution in [0.15, 0.2) is 18.2 Å². The number of benzene rings is 1. The highest BCUT2D eigenvalue weighted by molar-refractivity contribution is 14.1. The van der Waals surface area contributed by atoms with Crippen molar-refractivity contribution in [1.82, 2.24) is 14.5 Å². The number of H-pyrrole nitrogens is 1. The van der Waals surface area contributed by atoms with Crippen LogP contribution in [0.4, 0.5) is 0 Å². The third-order valence-electron chi connectivity index (χ3n) is 3.06. The minimum absolute atomic E-state index is 0.458. The molecule has 0 saturated heterocycles. The maximum atomic E-state index is 5.39. The van der Waals surface area contributed by atoms with Crippen molar-refractivity contribution in [1.29, 1.82) is 0 Å². The first-order valence-corrected chi connectivity index (χ1v) is 7.02. The molecule has 0 aliphatic heterocycles. The van der Waals surface area contributed by atoms with Crippen molar-refractivity contribution in [3.8, 4) is 0 Å². The standard InChI is InChI=1S/C12H16IN3S/c1-8(15(2)3)7-16-11-5-4-9(13)6-10(11)14-12(16)17/h4-6,8H,7H2,1-3H3,(H,14,17). The second-order valence-corrected chi connectivity index (χ2v) is 6.15. The van der Waals surface area contributed by atoms with Crippen molar-refractivity contribution in [3.05, 3.63) is 26.5 Å². The fourth-order valence-corrected chi connectivity index (χ4v) is 2.52. The second-order valence-electron chi connectivity index (χ2n) is 4.51. The van der Waals surface area contributed by atoms with Crippen LogP contribution >= 0.6 is 34.8 Å². The topological polar surface area (TPSA) is 24.0 Å². The third kappa shape index (κ3) is 2.71. The van der Waals surface area contributed by atoms with Crippen LogP contribution in [0.3, 0.4) is 0 Å². The molecule has 1 N–H and O–H groups in total. The van der Waals surface area contributed by atoms with Gasteiger partial charge in [0.1, 0.15) is 0 Å². The van der Waals surface area contributed by atoms with Crippen LogP contribution in [0.5, 0.6) is 0 Å². The molecule has 3 nitrogen and oxygen atoms in total. The van der Waals surface area contributed by atoms with Crippen LogP contribution in [0.2, 0.25) is 0 Å². The minimum Gasteiger partial charge on any atom is -0.331 e. The molecular weight excluding hydrogens is 345 g/mol. The number of hydrogen-bond acceptors (Lipinski definition) is 2. The monoisotopic (exact) mass is 361 g/mol. The van der Waals surface area contributed by atoms with Gasteiger partial charge in [-0.25, -0.2) is 0 Å². The molecule has 2 rings (SSSR count). The van der Waals surface area contributed by atoms with E-state index >= 15 is 0 Å². The molecule has 17 heavy (non-hydrogen) atoms. The summed E-state index contributed by atoms with van der Waals surface area (Å²) in [5, 5.41) is 0. The number of halogens is 1. The van der Waals surface area contributed by atoms with Gasteiger partial charge in [-0.05, 0) is 74.0 Å². The summed E-state index contributed by atoms with van der Waals surface area (Å²) < 4.78 is 4.20. The fourth-order valence-electron chi connectivity index (χ4n) is 1.74. The lowest BCUT2D eigenvalue weighted by molar-refractivity contribution is 0.285. The molecule has 2 aromatic rings. The first kappa shape index (κ1) is 13.0. The maximum absolute atomic E-state index is 5.39. The Morgan fingerprint density at radius 1 is 1.47 bits per heavy atom. The zero-order valence-corrected chi connectivity index (χ0v) is 13.2. The molecule has 92 valence electrons. The van der Waals surface area contributed by atoms with Gasteiger partial charge in [0.05, 0.1) is 11.0 Å². The van der Waals surface area contributed by atoms with Crippen molar-refractivity contribution in [2.75, 3.05) is 14.1 Å². The molecule has 0 saturated carbocycles. The number of aromatic amines is 1. The van der Waals surface area contributed by atoms with Crippen molar-refractivity contribution < 1.29 is 0 Å². The average molecular weight is 361 g/mol. The van der Waals surface area contributed by atoms with E-state index in [1.807, 2.05) is 0 Å². The number of likely N-dealkylation sites (N-methyl/N-ethyl adjacent to an activating group) is 1. The van der Waals surface area contributed by atoms with E-state index in [2.05, 4.69) is 76.3 Å². The first-order chi connectivity index (χ1) is 7.99. The Kier molecular flexibility index (Phi) is 3.89. The van der Waals surface area contributed by atoms with E-state index < -0.39 is 0 Å². The molecule has 0 aliphatic rings. The molecule has 5 heteroatoms. The highest BCUT2D eigenvalue weighted by Gasteiger charge is 2.10. The summed E-state index contributed by atoms with van der Waals surface area (Å²) >= 11 is 7.70. The van der Waals surface area contributed by atoms with Gasteiger partial charge in [0.15, 0.2) is 4.77 Å². The SMILES string of the molecule is CC(Cn1c(=S)[nH]c2cc(I)ccc21)N(C)C. The van der Waals surface area contributed by atoms with E-state index in [1.165, 1.54) is 9.09 Å². The van der Waals surface area contributed by atoms with Gasteiger partial charge in [0.25, 0.3) is 0 Å². The normalized spacial score (nSPS) is 13.5. The van der Waals surface area contributed by atoms with Gasteiger partial charge in [-0.3, -0.25) is 0 Å². The van der Waals surface area contributed by atoms with Gasteiger partial charge in [0, 0.05) is 16.2 Å². The lowest BCUT2D eigenvalue weighted by Gasteiger charge is -2.20. The zero-order valence-electron chi connectivity index (χ0n) is 10.2. The second kappa shape index (κ2) is 5.07. The van der Waals surface area contributed by atoms with Crippen LogP contribution in [0, 0.1) is 8.34 Å². The molecule has 0 radical (unpaired) electrons. The fraction of sp³-hybridized carbons (Fsp3) is 0.417. The third-order valence-corrected chi connectivity index (χ3v) is 4.06. The molecule has 0 fully saturated rings. The summed E-state index contributed by atoms with van der Waals surface area (Å²) in [6.07, 6.45) is 0. The van der Waals surface area contributed by atoms with Crippen molar-refractivity contribution >= 4 is 45.8 Å². The van der Waals surface area contributed by atoms with Gasteiger partial charge in [0.2, 0.25) is 0 Å². The quantitative estimate of drug-likeness (QED) is 0.670. The Morgan fingerprint density at radius 2 is 2.18 bits per heavy atom. The number of fused-ring (bicyclic) bond motifs is 1. The van der Waals surface area contributed by atoms with E-state index in [1.54, 1.807) is 0 Å². The Balaban J connectivity index is 2.47. The summed E-state index contributed by atoms with van der Waals surface area (Å²) in [6.45, 7) is 3.11. The van der Waals surface area contributed by atoms with Gasteiger partial charge in [-0.1, -0.05) is 0 Å². The van der Waals surface area contributed by atoms with Gasteiger partial charge < -0.3 is 14.5 Å². The predicted molar refractivity (Wildman–Crippen MR) is 83.0 cm³/mol. The van der Waals surface area contributed by atoms with Crippen LogP contribution < -0.4 is 0 Å². The summed E-state index contributed by atoms with van der Waals surface area (Å²) in [5.41, 5.74) is 2.30. The van der Waals surface area contributed by atoms with E-state index in [4.69, 9.17) is 12.2 Å². The summed E-state index contributed by atoms with van der Waals surface area (Å²) in [4.78, 5) is 5.47. The molecule has 0 spiro atoms. The van der Waals surface area contributed by atoms with E-state index in [-0.39, 0.29) is 0 Å². The summed E-state index contributed by atoms with van der Waals surface area (Å²) in [7, 11) is 4.18. The number of nitrogens with zero attached hydrogens (tertiary/aromatic N) is 2. The average Bonchev–Trinajstić information content (AvgIpc) is 2.54. The zero-order chi connectivity index (χ0) is 12.6. The van der Waals surface area contributed by atoms with Crippen molar-refractivity contribution in [2.45, 2.75) is 19.5 Å². The largest absolute Gasteiger partial charge is 0.331 e. The van der Waals surface area contributed by atoms with Crippen LogP contribution in [-0.2, 0) is 6.54 Å². The number of hydrogen-bond donors (Lipinski definition) is 1. The number of rotatable bonds is 3. The smallest absolute Gasteiger partial charge is 0.178 e. The van der Waals surface area contributed by atoms with E-state index in [0.717, 1.165) is 16.8 Å². The Morgan fingerprint density at radius 3 is 2.82 bits per heavy atom. The number of aromatic nitrogens is 2. The molecular formula is C12H16IN3S. The first-order valence-electron chi connectivity index (χ1n) is 5.53. The molecule has 1 aromatic heterocycles. The van der Waals surface area contributed by atoms with Gasteiger partial charge >= 0.3 is 0 Å². The number of imidazole rings is 1. The van der Waals surface area contributed by atoms with Gasteiger partial charge in [-0.15, -0.1) is 0 Å². The molecule has 1 atom stereocenters. The van der Waals surface area contributed by atoms with E-state index in [9.17, 15) is 0 Å². The minimum atomic E-state index is 0.458. The van der Waals surface area contributed by atoms with Crippen LogP contribution in [-0.4, -0.2) is 34.6 Å². The van der Waals surface area contributed by atoms with Gasteiger partial charge in [-0.2, -0.15) is 0 Å². The molecule has 0 aliphatic carbocycles. The molecule has 1 unspecified atom stereocenters. The molecule has 1 aromatic carbocycles. The maximum Gasteiger partial charge on any atom is 0.178 e. The highest BCUT2D eigenvalue weighted by atomic mass is 127. The van der Waals surface area contributed by atoms with Crippen LogP contribution in [0.1, 0.15) is 6.92 Å². The van der Waals surface area contributed by atoms with Crippen molar-refractivity contribution in [2.24, 2.45) is 0 Å². The lowest BCUT2D eigenvalue weighted by atomic mass is 10.3. The summed E-state index contributed by atoms with van der Waals surface area (Å²) in [6, 6.07) is 6.83. The summed E-state index contributed by atoms with van der Waals surface area (Å²) in [5.74, 6) is 0. The highest BCUT2D eigenvalue weighted by Crippen LogP contribution is 2.18. The molecule has 1 heterocycles. The Labute approximate surface area is 120 Å². The Bertz CT molecular complexity index is 585. The van der Waals surface area contributed by atoms with Crippen LogP contribution in [0.25, 0.3) is 11.0 Å². The molecule has 0 bridgehead atoms. The molecule has 0 amide bonds. The predicted octanol–water partition coefficient (Wildman–Crippen LogP) is 3.25. The Hall–Kier alpha value is -0.400.